The van der Waals surface area contributed by atoms with Crippen molar-refractivity contribution in [3.63, 3.8) is 0 Å². The van der Waals surface area contributed by atoms with Gasteiger partial charge in [-0.25, -0.2) is 4.98 Å². The number of oxazole rings is 1. The van der Waals surface area contributed by atoms with Crippen molar-refractivity contribution in [3.8, 4) is 0 Å². The van der Waals surface area contributed by atoms with E-state index in [9.17, 15) is 4.79 Å². The van der Waals surface area contributed by atoms with E-state index < -0.39 is 0 Å². The summed E-state index contributed by atoms with van der Waals surface area (Å²) in [6.45, 7) is 4.66. The first-order chi connectivity index (χ1) is 8.31. The van der Waals surface area contributed by atoms with Gasteiger partial charge in [0.2, 0.25) is 5.76 Å². The summed E-state index contributed by atoms with van der Waals surface area (Å²) >= 11 is 0. The largest absolute Gasteiger partial charge is 0.435 e. The van der Waals surface area contributed by atoms with Gasteiger partial charge in [0.15, 0.2) is 5.89 Å². The Hall–Kier alpha value is -1.36. The van der Waals surface area contributed by atoms with E-state index in [1.54, 1.807) is 0 Å². The number of amides is 1. The van der Waals surface area contributed by atoms with Gasteiger partial charge in [0, 0.05) is 12.5 Å². The van der Waals surface area contributed by atoms with Gasteiger partial charge < -0.3 is 15.1 Å². The molecule has 2 N–H and O–H groups in total. The molecule has 0 saturated carbocycles. The number of nitrogens with one attached hydrogen (secondary N) is 2. The number of nitrogens with zero attached hydrogens (tertiary/aromatic N) is 1. The van der Waals surface area contributed by atoms with E-state index in [-0.39, 0.29) is 5.91 Å². The van der Waals surface area contributed by atoms with Gasteiger partial charge in [0.25, 0.3) is 5.91 Å². The lowest BCUT2D eigenvalue weighted by Gasteiger charge is -2.19. The molecule has 0 bridgehead atoms. The third-order valence-electron chi connectivity index (χ3n) is 2.97. The van der Waals surface area contributed by atoms with E-state index in [4.69, 9.17) is 4.42 Å². The number of hydrogen-bond donors (Lipinski definition) is 2. The van der Waals surface area contributed by atoms with Gasteiger partial charge >= 0.3 is 0 Å². The average molecular weight is 237 g/mol. The molecule has 1 amide bonds. The first kappa shape index (κ1) is 12.1. The molecule has 0 radical (unpaired) electrons. The van der Waals surface area contributed by atoms with Crippen LogP contribution in [0.3, 0.4) is 0 Å². The van der Waals surface area contributed by atoms with Crippen LogP contribution in [0.25, 0.3) is 0 Å². The highest BCUT2D eigenvalue weighted by Crippen LogP contribution is 2.24. The Balaban J connectivity index is 1.97. The number of carbonyl (C=O) groups is 1. The van der Waals surface area contributed by atoms with E-state index in [0.29, 0.717) is 24.1 Å². The summed E-state index contributed by atoms with van der Waals surface area (Å²) in [5, 5.41) is 6.07. The first-order valence-corrected chi connectivity index (χ1v) is 6.26. The second kappa shape index (κ2) is 5.82. The Morgan fingerprint density at radius 2 is 2.35 bits per heavy atom. The quantitative estimate of drug-likeness (QED) is 0.828. The lowest BCUT2D eigenvalue weighted by Crippen LogP contribution is -2.26. The van der Waals surface area contributed by atoms with E-state index >= 15 is 0 Å². The Kier molecular flexibility index (Phi) is 4.14. The fourth-order valence-electron chi connectivity index (χ4n) is 1.98. The Morgan fingerprint density at radius 1 is 1.59 bits per heavy atom. The molecule has 0 aromatic carbocycles. The molecule has 2 heterocycles. The number of aromatic nitrogens is 1. The maximum atomic E-state index is 11.6. The van der Waals surface area contributed by atoms with Crippen molar-refractivity contribution in [2.24, 2.45) is 0 Å². The van der Waals surface area contributed by atoms with Gasteiger partial charge in [-0.3, -0.25) is 4.79 Å². The highest BCUT2D eigenvalue weighted by Gasteiger charge is 2.21. The van der Waals surface area contributed by atoms with Crippen molar-refractivity contribution in [2.75, 3.05) is 19.6 Å². The topological polar surface area (TPSA) is 67.2 Å². The van der Waals surface area contributed by atoms with Crippen molar-refractivity contribution in [1.29, 1.82) is 0 Å². The van der Waals surface area contributed by atoms with Crippen LogP contribution in [-0.4, -0.2) is 30.5 Å². The van der Waals surface area contributed by atoms with Crippen molar-refractivity contribution in [3.05, 3.63) is 17.8 Å². The lowest BCUT2D eigenvalue weighted by molar-refractivity contribution is 0.0923. The van der Waals surface area contributed by atoms with Crippen LogP contribution in [0, 0.1) is 0 Å². The van der Waals surface area contributed by atoms with E-state index in [1.807, 2.05) is 6.92 Å². The van der Waals surface area contributed by atoms with E-state index in [0.717, 1.165) is 32.4 Å². The standard InChI is InChI=1S/C12H19N3O2/c1-2-5-14-11(16)10-8-15-12(17-10)9-3-6-13-7-4-9/h8-9,13H,2-7H2,1H3,(H,14,16). The molecule has 2 rings (SSSR count). The predicted molar refractivity (Wildman–Crippen MR) is 64.0 cm³/mol. The summed E-state index contributed by atoms with van der Waals surface area (Å²) in [7, 11) is 0. The first-order valence-electron chi connectivity index (χ1n) is 6.26. The highest BCUT2D eigenvalue weighted by atomic mass is 16.4. The van der Waals surface area contributed by atoms with Crippen LogP contribution < -0.4 is 10.6 Å². The minimum Gasteiger partial charge on any atom is -0.435 e. The SMILES string of the molecule is CCCNC(=O)c1cnc(C2CCNCC2)o1. The smallest absolute Gasteiger partial charge is 0.288 e. The second-order valence-electron chi connectivity index (χ2n) is 4.34. The zero-order valence-electron chi connectivity index (χ0n) is 10.2. The third-order valence-corrected chi connectivity index (χ3v) is 2.97. The highest BCUT2D eigenvalue weighted by molar-refractivity contribution is 5.91. The minimum absolute atomic E-state index is 0.167. The summed E-state index contributed by atoms with van der Waals surface area (Å²) in [6.07, 6.45) is 4.50. The van der Waals surface area contributed by atoms with Crippen LogP contribution in [0.2, 0.25) is 0 Å². The summed E-state index contributed by atoms with van der Waals surface area (Å²) < 4.78 is 5.53. The monoisotopic (exact) mass is 237 g/mol. The fourth-order valence-corrected chi connectivity index (χ4v) is 1.98. The van der Waals surface area contributed by atoms with Gasteiger partial charge in [-0.1, -0.05) is 6.92 Å². The van der Waals surface area contributed by atoms with Gasteiger partial charge in [0.1, 0.15) is 0 Å². The van der Waals surface area contributed by atoms with Gasteiger partial charge in [-0.2, -0.15) is 0 Å². The second-order valence-corrected chi connectivity index (χ2v) is 4.34. The molecule has 0 aliphatic carbocycles. The molecular weight excluding hydrogens is 218 g/mol. The average Bonchev–Trinajstić information content (AvgIpc) is 2.86. The van der Waals surface area contributed by atoms with Gasteiger partial charge in [-0.15, -0.1) is 0 Å². The summed E-state index contributed by atoms with van der Waals surface area (Å²) in [6, 6.07) is 0. The molecule has 0 unspecified atom stereocenters. The number of rotatable bonds is 4. The molecule has 94 valence electrons. The molecule has 5 nitrogen and oxygen atoms in total. The van der Waals surface area contributed by atoms with Crippen LogP contribution in [0.5, 0.6) is 0 Å². The van der Waals surface area contributed by atoms with E-state index in [1.165, 1.54) is 6.20 Å². The van der Waals surface area contributed by atoms with E-state index in [2.05, 4.69) is 15.6 Å². The molecule has 1 aliphatic rings. The summed E-state index contributed by atoms with van der Waals surface area (Å²) in [5.41, 5.74) is 0. The van der Waals surface area contributed by atoms with Crippen molar-refractivity contribution < 1.29 is 9.21 Å². The zero-order valence-corrected chi connectivity index (χ0v) is 10.2. The maximum Gasteiger partial charge on any atom is 0.288 e. The van der Waals surface area contributed by atoms with Crippen molar-refractivity contribution in [1.82, 2.24) is 15.6 Å². The Labute approximate surface area is 101 Å². The molecule has 1 aromatic heterocycles. The molecule has 1 saturated heterocycles. The molecule has 5 heteroatoms. The summed E-state index contributed by atoms with van der Waals surface area (Å²) in [5.74, 6) is 1.21. The van der Waals surface area contributed by atoms with Crippen LogP contribution in [0.4, 0.5) is 0 Å². The number of piperidine rings is 1. The predicted octanol–water partition coefficient (Wildman–Crippen LogP) is 1.28. The van der Waals surface area contributed by atoms with Crippen molar-refractivity contribution in [2.45, 2.75) is 32.1 Å². The zero-order chi connectivity index (χ0) is 12.1. The fraction of sp³-hybridized carbons (Fsp3) is 0.667. The normalized spacial score (nSPS) is 17.0. The van der Waals surface area contributed by atoms with Crippen LogP contribution in [0.15, 0.2) is 10.6 Å². The third kappa shape index (κ3) is 3.06. The molecule has 1 aromatic rings. The molecule has 1 aliphatic heterocycles. The van der Waals surface area contributed by atoms with Gasteiger partial charge in [0.05, 0.1) is 6.20 Å². The molecule has 0 atom stereocenters. The Morgan fingerprint density at radius 3 is 3.06 bits per heavy atom. The Bertz CT molecular complexity index is 370. The lowest BCUT2D eigenvalue weighted by atomic mass is 9.98. The van der Waals surface area contributed by atoms with Crippen molar-refractivity contribution >= 4 is 5.91 Å². The summed E-state index contributed by atoms with van der Waals surface area (Å²) in [4.78, 5) is 15.9. The van der Waals surface area contributed by atoms with Gasteiger partial charge in [-0.05, 0) is 32.4 Å². The molecular formula is C12H19N3O2. The maximum absolute atomic E-state index is 11.6. The molecule has 1 fully saturated rings. The molecule has 17 heavy (non-hydrogen) atoms. The van der Waals surface area contributed by atoms with Crippen LogP contribution in [0.1, 0.15) is 48.5 Å². The molecule has 0 spiro atoms. The van der Waals surface area contributed by atoms with Crippen LogP contribution in [-0.2, 0) is 0 Å². The van der Waals surface area contributed by atoms with Crippen LogP contribution >= 0.6 is 0 Å². The minimum atomic E-state index is -0.167. The number of hydrogen-bond acceptors (Lipinski definition) is 4. The number of carbonyl (C=O) groups excluding carboxylic acids is 1.